The maximum atomic E-state index is 11.8. The lowest BCUT2D eigenvalue weighted by atomic mass is 10.1. The van der Waals surface area contributed by atoms with Crippen LogP contribution < -0.4 is 11.1 Å². The molecule has 4 N–H and O–H groups in total. The third-order valence-corrected chi connectivity index (χ3v) is 2.47. The molecule has 0 spiro atoms. The monoisotopic (exact) mass is 251 g/mol. The number of nitrogens with zero attached hydrogens (tertiary/aromatic N) is 1. The van der Waals surface area contributed by atoms with E-state index in [2.05, 4.69) is 10.3 Å². The Balaban J connectivity index is 2.55. The van der Waals surface area contributed by atoms with Crippen molar-refractivity contribution < 1.29 is 14.7 Å². The third kappa shape index (κ3) is 4.50. The highest BCUT2D eigenvalue weighted by molar-refractivity contribution is 5.96. The average molecular weight is 251 g/mol. The van der Waals surface area contributed by atoms with Crippen LogP contribution in [0.15, 0.2) is 24.5 Å². The quantitative estimate of drug-likeness (QED) is 0.608. The maximum Gasteiger partial charge on any atom is 0.326 e. The molecule has 1 rings (SSSR count). The van der Waals surface area contributed by atoms with E-state index in [1.165, 1.54) is 6.20 Å². The van der Waals surface area contributed by atoms with Gasteiger partial charge in [-0.25, -0.2) is 4.79 Å². The molecule has 1 atom stereocenters. The van der Waals surface area contributed by atoms with Crippen LogP contribution >= 0.6 is 0 Å². The van der Waals surface area contributed by atoms with Crippen LogP contribution in [0.4, 0.5) is 0 Å². The zero-order valence-electron chi connectivity index (χ0n) is 10.0. The fourth-order valence-corrected chi connectivity index (χ4v) is 1.49. The molecule has 18 heavy (non-hydrogen) atoms. The van der Waals surface area contributed by atoms with Crippen LogP contribution in [0, 0.1) is 0 Å². The SMILES string of the molecule is NCCCCC(NC(=O)c1cccnc1)C(=O)O. The van der Waals surface area contributed by atoms with E-state index in [9.17, 15) is 9.59 Å². The summed E-state index contributed by atoms with van der Waals surface area (Å²) in [5, 5.41) is 11.5. The average Bonchev–Trinajstić information content (AvgIpc) is 2.38. The molecule has 0 aliphatic rings. The summed E-state index contributed by atoms with van der Waals surface area (Å²) in [6.45, 7) is 0.517. The first-order valence-electron chi connectivity index (χ1n) is 5.79. The summed E-state index contributed by atoms with van der Waals surface area (Å²) in [6, 6.07) is 2.32. The Morgan fingerprint density at radius 3 is 2.78 bits per heavy atom. The van der Waals surface area contributed by atoms with Gasteiger partial charge >= 0.3 is 5.97 Å². The van der Waals surface area contributed by atoms with E-state index in [1.807, 2.05) is 0 Å². The highest BCUT2D eigenvalue weighted by atomic mass is 16.4. The van der Waals surface area contributed by atoms with Crippen LogP contribution in [0.2, 0.25) is 0 Å². The van der Waals surface area contributed by atoms with Crippen molar-refractivity contribution in [2.45, 2.75) is 25.3 Å². The van der Waals surface area contributed by atoms with E-state index in [-0.39, 0.29) is 0 Å². The van der Waals surface area contributed by atoms with Gasteiger partial charge in [0, 0.05) is 12.4 Å². The number of unbranched alkanes of at least 4 members (excludes halogenated alkanes) is 1. The van der Waals surface area contributed by atoms with Crippen molar-refractivity contribution in [2.24, 2.45) is 5.73 Å². The Labute approximate surface area is 105 Å². The molecule has 0 aromatic carbocycles. The van der Waals surface area contributed by atoms with Crippen LogP contribution in [0.5, 0.6) is 0 Å². The van der Waals surface area contributed by atoms with Gasteiger partial charge in [-0.3, -0.25) is 9.78 Å². The zero-order valence-corrected chi connectivity index (χ0v) is 10.0. The minimum absolute atomic E-state index is 0.350. The lowest BCUT2D eigenvalue weighted by Gasteiger charge is -2.14. The molecule has 1 amide bonds. The van der Waals surface area contributed by atoms with E-state index in [0.29, 0.717) is 24.9 Å². The van der Waals surface area contributed by atoms with Crippen molar-refractivity contribution >= 4 is 11.9 Å². The number of carbonyl (C=O) groups is 2. The summed E-state index contributed by atoms with van der Waals surface area (Å²) in [4.78, 5) is 26.6. The molecule has 6 heteroatoms. The fourth-order valence-electron chi connectivity index (χ4n) is 1.49. The van der Waals surface area contributed by atoms with Crippen LogP contribution in [0.3, 0.4) is 0 Å². The van der Waals surface area contributed by atoms with Gasteiger partial charge in [0.2, 0.25) is 0 Å². The topological polar surface area (TPSA) is 105 Å². The summed E-state index contributed by atoms with van der Waals surface area (Å²) in [7, 11) is 0. The number of aliphatic carboxylic acids is 1. The van der Waals surface area contributed by atoms with Crippen molar-refractivity contribution in [1.82, 2.24) is 10.3 Å². The number of hydrogen-bond donors (Lipinski definition) is 3. The van der Waals surface area contributed by atoms with Gasteiger partial charge in [-0.2, -0.15) is 0 Å². The van der Waals surface area contributed by atoms with Crippen molar-refractivity contribution in [3.63, 3.8) is 0 Å². The minimum Gasteiger partial charge on any atom is -0.480 e. The number of carboxylic acid groups (broad SMARTS) is 1. The van der Waals surface area contributed by atoms with Gasteiger partial charge in [-0.1, -0.05) is 0 Å². The Hall–Kier alpha value is -1.95. The van der Waals surface area contributed by atoms with E-state index >= 15 is 0 Å². The molecule has 1 unspecified atom stereocenters. The number of rotatable bonds is 7. The van der Waals surface area contributed by atoms with Crippen molar-refractivity contribution in [3.05, 3.63) is 30.1 Å². The van der Waals surface area contributed by atoms with Crippen LogP contribution in [0.1, 0.15) is 29.6 Å². The highest BCUT2D eigenvalue weighted by Crippen LogP contribution is 2.03. The normalized spacial score (nSPS) is 11.8. The second kappa shape index (κ2) is 7.39. The van der Waals surface area contributed by atoms with E-state index < -0.39 is 17.9 Å². The summed E-state index contributed by atoms with van der Waals surface area (Å²) >= 11 is 0. The lowest BCUT2D eigenvalue weighted by Crippen LogP contribution is -2.40. The molecular formula is C12H17N3O3. The predicted molar refractivity (Wildman–Crippen MR) is 66.0 cm³/mol. The number of hydrogen-bond acceptors (Lipinski definition) is 4. The van der Waals surface area contributed by atoms with Crippen LogP contribution in [-0.4, -0.2) is 34.6 Å². The van der Waals surface area contributed by atoms with Crippen LogP contribution in [0.25, 0.3) is 0 Å². The molecule has 0 aliphatic heterocycles. The number of nitrogens with one attached hydrogen (secondary N) is 1. The Kier molecular flexibility index (Phi) is 5.79. The van der Waals surface area contributed by atoms with Gasteiger partial charge in [-0.15, -0.1) is 0 Å². The minimum atomic E-state index is -1.04. The molecule has 0 aliphatic carbocycles. The molecular weight excluding hydrogens is 234 g/mol. The Morgan fingerprint density at radius 2 is 2.22 bits per heavy atom. The Bertz CT molecular complexity index is 395. The van der Waals surface area contributed by atoms with Gasteiger partial charge in [0.05, 0.1) is 5.56 Å². The molecule has 0 saturated carbocycles. The molecule has 1 heterocycles. The smallest absolute Gasteiger partial charge is 0.326 e. The number of amides is 1. The number of carboxylic acids is 1. The molecule has 0 bridgehead atoms. The second-order valence-electron chi connectivity index (χ2n) is 3.89. The first kappa shape index (κ1) is 14.1. The number of pyridine rings is 1. The maximum absolute atomic E-state index is 11.8. The zero-order chi connectivity index (χ0) is 13.4. The van der Waals surface area contributed by atoms with Gasteiger partial charge in [0.25, 0.3) is 5.91 Å². The number of carbonyl (C=O) groups excluding carboxylic acids is 1. The summed E-state index contributed by atoms with van der Waals surface area (Å²) in [6.07, 6.45) is 4.73. The summed E-state index contributed by atoms with van der Waals surface area (Å²) < 4.78 is 0. The van der Waals surface area contributed by atoms with Gasteiger partial charge in [-0.05, 0) is 37.9 Å². The van der Waals surface area contributed by atoms with Crippen LogP contribution in [-0.2, 0) is 4.79 Å². The van der Waals surface area contributed by atoms with Crippen molar-refractivity contribution in [3.8, 4) is 0 Å². The van der Waals surface area contributed by atoms with E-state index in [4.69, 9.17) is 10.8 Å². The predicted octanol–water partition coefficient (Wildman–Crippen LogP) is 0.394. The van der Waals surface area contributed by atoms with Gasteiger partial charge in [0.1, 0.15) is 6.04 Å². The largest absolute Gasteiger partial charge is 0.480 e. The molecule has 0 fully saturated rings. The molecule has 98 valence electrons. The molecule has 0 radical (unpaired) electrons. The first-order valence-corrected chi connectivity index (χ1v) is 5.79. The van der Waals surface area contributed by atoms with E-state index in [0.717, 1.165) is 6.42 Å². The third-order valence-electron chi connectivity index (χ3n) is 2.47. The standard InChI is InChI=1S/C12H17N3O3/c13-6-2-1-5-10(12(17)18)15-11(16)9-4-3-7-14-8-9/h3-4,7-8,10H,1-2,5-6,13H2,(H,15,16)(H,17,18). The fraction of sp³-hybridized carbons (Fsp3) is 0.417. The molecule has 1 aromatic heterocycles. The van der Waals surface area contributed by atoms with Crippen molar-refractivity contribution in [1.29, 1.82) is 0 Å². The van der Waals surface area contributed by atoms with Crippen molar-refractivity contribution in [2.75, 3.05) is 6.54 Å². The van der Waals surface area contributed by atoms with E-state index in [1.54, 1.807) is 18.3 Å². The van der Waals surface area contributed by atoms with Gasteiger partial charge in [0.15, 0.2) is 0 Å². The first-order chi connectivity index (χ1) is 8.65. The molecule has 1 aromatic rings. The number of aromatic nitrogens is 1. The Morgan fingerprint density at radius 1 is 1.44 bits per heavy atom. The summed E-state index contributed by atoms with van der Waals surface area (Å²) in [5.41, 5.74) is 5.69. The number of nitrogens with two attached hydrogens (primary N) is 1. The molecule has 6 nitrogen and oxygen atoms in total. The second-order valence-corrected chi connectivity index (χ2v) is 3.89. The van der Waals surface area contributed by atoms with Gasteiger partial charge < -0.3 is 16.2 Å². The highest BCUT2D eigenvalue weighted by Gasteiger charge is 2.19. The molecule has 0 saturated heterocycles. The lowest BCUT2D eigenvalue weighted by molar-refractivity contribution is -0.139. The summed E-state index contributed by atoms with van der Waals surface area (Å²) in [5.74, 6) is -1.47.